The molecule has 0 nitrogen and oxygen atoms in total. The van der Waals surface area contributed by atoms with Crippen LogP contribution in [0, 0.1) is 0 Å². The summed E-state index contributed by atoms with van der Waals surface area (Å²) in [7, 11) is -1.68. The molecule has 2 heteroatoms. The quantitative estimate of drug-likeness (QED) is 0.580. The second-order valence-electron chi connectivity index (χ2n) is 2.50. The van der Waals surface area contributed by atoms with Crippen LogP contribution >= 0.6 is 10.4 Å². The van der Waals surface area contributed by atoms with Gasteiger partial charge in [-0.15, -0.1) is 0 Å². The van der Waals surface area contributed by atoms with E-state index in [0.717, 1.165) is 24.3 Å². The number of unbranched alkanes of at least 4 members (excludes halogenated alkanes) is 1. The standard InChI is InChI=1S/C7H17FS/c1-4-6-7-9(3,8)5-2/h4-7H2,1-3H3. The zero-order valence-corrected chi connectivity index (χ0v) is 7.43. The first kappa shape index (κ1) is 9.28. The molecule has 0 saturated heterocycles. The fraction of sp³-hybridized carbons (Fsp3) is 1.00. The van der Waals surface area contributed by atoms with Gasteiger partial charge in [-0.1, -0.05) is 30.7 Å². The van der Waals surface area contributed by atoms with Gasteiger partial charge in [-0.3, -0.25) is 0 Å². The van der Waals surface area contributed by atoms with E-state index >= 15 is 0 Å². The lowest BCUT2D eigenvalue weighted by molar-refractivity contribution is 0.836. The van der Waals surface area contributed by atoms with Crippen molar-refractivity contribution in [2.24, 2.45) is 0 Å². The monoisotopic (exact) mass is 152 g/mol. The molecule has 0 amide bonds. The molecule has 1 atom stereocenters. The number of rotatable bonds is 4. The van der Waals surface area contributed by atoms with E-state index in [0.29, 0.717) is 0 Å². The van der Waals surface area contributed by atoms with Crippen LogP contribution in [-0.2, 0) is 0 Å². The SMILES string of the molecule is CCCCS(C)(F)CC. The molecule has 0 rings (SSSR count). The first-order chi connectivity index (χ1) is 4.12. The molecule has 0 saturated carbocycles. The van der Waals surface area contributed by atoms with Crippen LogP contribution in [0.1, 0.15) is 26.7 Å². The highest BCUT2D eigenvalue weighted by atomic mass is 32.3. The first-order valence-electron chi connectivity index (χ1n) is 3.55. The van der Waals surface area contributed by atoms with Crippen molar-refractivity contribution in [3.63, 3.8) is 0 Å². The van der Waals surface area contributed by atoms with Gasteiger partial charge in [0, 0.05) is 11.5 Å². The van der Waals surface area contributed by atoms with E-state index < -0.39 is 10.4 Å². The van der Waals surface area contributed by atoms with Gasteiger partial charge in [0.1, 0.15) is 0 Å². The van der Waals surface area contributed by atoms with Crippen LogP contribution in [0.3, 0.4) is 0 Å². The highest BCUT2D eigenvalue weighted by Gasteiger charge is 2.11. The van der Waals surface area contributed by atoms with E-state index in [1.165, 1.54) is 0 Å². The normalized spacial score (nSPS) is 20.9. The third-order valence-corrected chi connectivity index (χ3v) is 3.87. The molecular weight excluding hydrogens is 135 g/mol. The maximum atomic E-state index is 13.1. The number of hydrogen-bond acceptors (Lipinski definition) is 0. The molecule has 0 fully saturated rings. The Morgan fingerprint density at radius 2 is 1.89 bits per heavy atom. The van der Waals surface area contributed by atoms with Gasteiger partial charge < -0.3 is 0 Å². The van der Waals surface area contributed by atoms with Crippen LogP contribution < -0.4 is 0 Å². The van der Waals surface area contributed by atoms with Gasteiger partial charge in [0.2, 0.25) is 0 Å². The third-order valence-electron chi connectivity index (χ3n) is 1.53. The van der Waals surface area contributed by atoms with E-state index in [1.807, 2.05) is 6.92 Å². The molecule has 0 N–H and O–H groups in total. The van der Waals surface area contributed by atoms with Gasteiger partial charge in [0.25, 0.3) is 0 Å². The van der Waals surface area contributed by atoms with E-state index in [9.17, 15) is 3.89 Å². The Morgan fingerprint density at radius 1 is 1.33 bits per heavy atom. The Bertz CT molecular complexity index is 71.3. The minimum atomic E-state index is -1.68. The summed E-state index contributed by atoms with van der Waals surface area (Å²) in [4.78, 5) is 0. The lowest BCUT2D eigenvalue weighted by atomic mass is 10.4. The van der Waals surface area contributed by atoms with Gasteiger partial charge in [0.15, 0.2) is 0 Å². The number of hydrogen-bond donors (Lipinski definition) is 0. The predicted octanol–water partition coefficient (Wildman–Crippen LogP) is 3.13. The van der Waals surface area contributed by atoms with Crippen molar-refractivity contribution in [3.05, 3.63) is 0 Å². The first-order valence-corrected chi connectivity index (χ1v) is 5.83. The molecule has 0 aromatic heterocycles. The highest BCUT2D eigenvalue weighted by Crippen LogP contribution is 2.45. The molecular formula is C7H17FS. The summed E-state index contributed by atoms with van der Waals surface area (Å²) in [6, 6.07) is 0. The van der Waals surface area contributed by atoms with E-state index in [-0.39, 0.29) is 0 Å². The van der Waals surface area contributed by atoms with Crippen molar-refractivity contribution in [1.29, 1.82) is 0 Å². The Balaban J connectivity index is 3.33. The molecule has 0 aliphatic rings. The average molecular weight is 152 g/mol. The maximum Gasteiger partial charge on any atom is 0.00328 e. The summed E-state index contributed by atoms with van der Waals surface area (Å²) in [6.07, 6.45) is 3.94. The second kappa shape index (κ2) is 4.15. The van der Waals surface area contributed by atoms with Crippen LogP contribution in [0.25, 0.3) is 0 Å². The summed E-state index contributed by atoms with van der Waals surface area (Å²) in [5.74, 6) is 1.53. The fourth-order valence-electron chi connectivity index (χ4n) is 0.590. The molecule has 0 aliphatic heterocycles. The summed E-state index contributed by atoms with van der Waals surface area (Å²) in [5, 5.41) is 0. The molecule has 9 heavy (non-hydrogen) atoms. The van der Waals surface area contributed by atoms with Crippen LogP contribution in [0.15, 0.2) is 0 Å². The van der Waals surface area contributed by atoms with Crippen molar-refractivity contribution in [2.45, 2.75) is 26.7 Å². The molecule has 0 aromatic rings. The van der Waals surface area contributed by atoms with Gasteiger partial charge in [-0.25, -0.2) is 0 Å². The molecule has 1 unspecified atom stereocenters. The highest BCUT2D eigenvalue weighted by molar-refractivity contribution is 8.29. The molecule has 0 aromatic carbocycles. The molecule has 0 heterocycles. The Kier molecular flexibility index (Phi) is 4.28. The average Bonchev–Trinajstić information content (AvgIpc) is 1.84. The summed E-state index contributed by atoms with van der Waals surface area (Å²) < 4.78 is 13.1. The predicted molar refractivity (Wildman–Crippen MR) is 44.9 cm³/mol. The smallest absolute Gasteiger partial charge is 0.00328 e. The summed E-state index contributed by atoms with van der Waals surface area (Å²) >= 11 is 0. The summed E-state index contributed by atoms with van der Waals surface area (Å²) in [5.41, 5.74) is 0. The lowest BCUT2D eigenvalue weighted by Crippen LogP contribution is -1.98. The molecule has 0 spiro atoms. The van der Waals surface area contributed by atoms with Crippen LogP contribution in [0.4, 0.5) is 3.89 Å². The van der Waals surface area contributed by atoms with Gasteiger partial charge in [0.05, 0.1) is 0 Å². The zero-order valence-electron chi connectivity index (χ0n) is 6.61. The Hall–Kier alpha value is 0.280. The molecule has 0 radical (unpaired) electrons. The minimum absolute atomic E-state index is 0.729. The van der Waals surface area contributed by atoms with Crippen molar-refractivity contribution in [3.8, 4) is 0 Å². The third kappa shape index (κ3) is 4.76. The van der Waals surface area contributed by atoms with E-state index in [4.69, 9.17) is 0 Å². The zero-order chi connectivity index (χ0) is 7.33. The van der Waals surface area contributed by atoms with E-state index in [1.54, 1.807) is 6.26 Å². The van der Waals surface area contributed by atoms with Crippen molar-refractivity contribution < 1.29 is 3.89 Å². The molecule has 0 aliphatic carbocycles. The van der Waals surface area contributed by atoms with Gasteiger partial charge >= 0.3 is 0 Å². The fourth-order valence-corrected chi connectivity index (χ4v) is 1.77. The van der Waals surface area contributed by atoms with Crippen LogP contribution in [-0.4, -0.2) is 17.8 Å². The Morgan fingerprint density at radius 3 is 2.22 bits per heavy atom. The van der Waals surface area contributed by atoms with Gasteiger partial charge in [-0.05, 0) is 12.7 Å². The van der Waals surface area contributed by atoms with Crippen LogP contribution in [0.2, 0.25) is 0 Å². The van der Waals surface area contributed by atoms with Crippen molar-refractivity contribution >= 4 is 10.4 Å². The molecule has 0 bridgehead atoms. The van der Waals surface area contributed by atoms with Crippen molar-refractivity contribution in [1.82, 2.24) is 0 Å². The summed E-state index contributed by atoms with van der Waals surface area (Å²) in [6.45, 7) is 4.04. The lowest BCUT2D eigenvalue weighted by Gasteiger charge is -2.23. The maximum absolute atomic E-state index is 13.1. The van der Waals surface area contributed by atoms with Crippen LogP contribution in [0.5, 0.6) is 0 Å². The van der Waals surface area contributed by atoms with Crippen molar-refractivity contribution in [2.75, 3.05) is 17.8 Å². The van der Waals surface area contributed by atoms with E-state index in [2.05, 4.69) is 6.92 Å². The Labute approximate surface area is 59.4 Å². The minimum Gasteiger partial charge on any atom is -0.190 e. The topological polar surface area (TPSA) is 0 Å². The largest absolute Gasteiger partial charge is 0.190 e. The number of halogens is 1. The second-order valence-corrected chi connectivity index (χ2v) is 5.79. The molecule has 58 valence electrons. The van der Waals surface area contributed by atoms with Gasteiger partial charge in [-0.2, -0.15) is 3.89 Å².